The van der Waals surface area contributed by atoms with Crippen LogP contribution < -0.4 is 4.74 Å². The summed E-state index contributed by atoms with van der Waals surface area (Å²) in [6.45, 7) is 0.359. The Hall–Kier alpha value is -2.41. The van der Waals surface area contributed by atoms with E-state index in [1.54, 1.807) is 25.4 Å². The first-order valence-corrected chi connectivity index (χ1v) is 9.12. The topological polar surface area (TPSA) is 59.1 Å². The highest BCUT2D eigenvalue weighted by Gasteiger charge is 2.32. The van der Waals surface area contributed by atoms with E-state index in [2.05, 4.69) is 0 Å². The molecule has 1 aliphatic heterocycles. The van der Waals surface area contributed by atoms with Crippen molar-refractivity contribution >= 4 is 11.8 Å². The number of benzene rings is 1. The van der Waals surface area contributed by atoms with Gasteiger partial charge in [-0.1, -0.05) is 12.1 Å². The smallest absolute Gasteiger partial charge is 0.261 e. The molecule has 27 heavy (non-hydrogen) atoms. The predicted octanol–water partition coefficient (Wildman–Crippen LogP) is 3.13. The highest BCUT2D eigenvalue weighted by atomic mass is 19.1. The third-order valence-electron chi connectivity index (χ3n) is 5.47. The number of fused-ring (bicyclic) bond motifs is 1. The van der Waals surface area contributed by atoms with Gasteiger partial charge in [0.2, 0.25) is 5.91 Å². The largest absolute Gasteiger partial charge is 0.494 e. The lowest BCUT2D eigenvalue weighted by Crippen LogP contribution is -2.34. The maximum Gasteiger partial charge on any atom is 0.261 e. The van der Waals surface area contributed by atoms with E-state index >= 15 is 0 Å². The molecule has 1 aromatic carbocycles. The minimum absolute atomic E-state index is 0.00882. The van der Waals surface area contributed by atoms with Crippen molar-refractivity contribution in [3.05, 3.63) is 41.4 Å². The summed E-state index contributed by atoms with van der Waals surface area (Å²) in [5.74, 6) is -0.566. The van der Waals surface area contributed by atoms with Gasteiger partial charge >= 0.3 is 0 Å². The number of carbonyl (C=O) groups excluding carboxylic acids is 2. The minimum Gasteiger partial charge on any atom is -0.494 e. The highest BCUT2D eigenvalue weighted by Crippen LogP contribution is 2.33. The Morgan fingerprint density at radius 1 is 1.26 bits per heavy atom. The van der Waals surface area contributed by atoms with Gasteiger partial charge in [0.05, 0.1) is 26.3 Å². The molecule has 2 aliphatic rings. The van der Waals surface area contributed by atoms with Crippen LogP contribution in [-0.2, 0) is 16.2 Å². The number of nitrogens with zero attached hydrogens (tertiary/aromatic N) is 2. The van der Waals surface area contributed by atoms with Crippen LogP contribution in [0.3, 0.4) is 0 Å². The summed E-state index contributed by atoms with van der Waals surface area (Å²) < 4.78 is 19.3. The summed E-state index contributed by atoms with van der Waals surface area (Å²) in [5, 5.41) is 1.28. The molecule has 7 heteroatoms. The zero-order valence-electron chi connectivity index (χ0n) is 15.9. The molecule has 1 aliphatic carbocycles. The molecule has 0 atom stereocenters. The van der Waals surface area contributed by atoms with E-state index in [1.807, 2.05) is 6.08 Å². The minimum atomic E-state index is -0.600. The van der Waals surface area contributed by atoms with E-state index in [1.165, 1.54) is 24.2 Å². The van der Waals surface area contributed by atoms with Gasteiger partial charge in [0.25, 0.3) is 5.91 Å². The number of halogens is 1. The summed E-state index contributed by atoms with van der Waals surface area (Å²) in [6, 6.07) is 3.27. The van der Waals surface area contributed by atoms with E-state index in [0.29, 0.717) is 18.0 Å². The van der Waals surface area contributed by atoms with Gasteiger partial charge < -0.3 is 9.64 Å². The number of hydrogen-bond acceptors (Lipinski definition) is 4. The van der Waals surface area contributed by atoms with Crippen LogP contribution in [0.1, 0.15) is 41.6 Å². The van der Waals surface area contributed by atoms with Crippen LogP contribution in [-0.4, -0.2) is 43.0 Å². The standard InChI is InChI=1S/C20H25FN2O4/c1-22(27-3)19(24)14-6-4-13(5-7-14)10-11-23-12-15-8-9-16(26-2)18(21)17(15)20(23)25/h8-11,13-14H,4-7,12H2,1-3H3/b11-10+. The summed E-state index contributed by atoms with van der Waals surface area (Å²) in [7, 11) is 4.49. The van der Waals surface area contributed by atoms with Gasteiger partial charge in [0.15, 0.2) is 11.6 Å². The average molecular weight is 376 g/mol. The number of rotatable bonds is 5. The highest BCUT2D eigenvalue weighted by molar-refractivity contribution is 5.99. The molecule has 1 fully saturated rings. The van der Waals surface area contributed by atoms with E-state index in [-0.39, 0.29) is 29.0 Å². The Balaban J connectivity index is 1.59. The van der Waals surface area contributed by atoms with Gasteiger partial charge in [0, 0.05) is 19.2 Å². The fourth-order valence-corrected chi connectivity index (χ4v) is 3.77. The number of ether oxygens (including phenoxy) is 1. The van der Waals surface area contributed by atoms with Crippen LogP contribution in [0.2, 0.25) is 0 Å². The third-order valence-corrected chi connectivity index (χ3v) is 5.47. The van der Waals surface area contributed by atoms with Gasteiger partial charge in [0.1, 0.15) is 0 Å². The van der Waals surface area contributed by atoms with Crippen LogP contribution >= 0.6 is 0 Å². The first kappa shape index (κ1) is 19.4. The maximum absolute atomic E-state index is 14.4. The third kappa shape index (κ3) is 3.83. The lowest BCUT2D eigenvalue weighted by Gasteiger charge is -2.28. The van der Waals surface area contributed by atoms with Crippen molar-refractivity contribution in [2.45, 2.75) is 32.2 Å². The fourth-order valence-electron chi connectivity index (χ4n) is 3.77. The normalized spacial score (nSPS) is 22.2. The molecular formula is C20H25FN2O4. The predicted molar refractivity (Wildman–Crippen MR) is 97.2 cm³/mol. The van der Waals surface area contributed by atoms with Gasteiger partial charge in [-0.05, 0) is 43.2 Å². The average Bonchev–Trinajstić information content (AvgIpc) is 3.02. The molecule has 0 saturated heterocycles. The molecule has 0 unspecified atom stereocenters. The van der Waals surface area contributed by atoms with Crippen molar-refractivity contribution in [1.29, 1.82) is 0 Å². The molecule has 0 bridgehead atoms. The van der Waals surface area contributed by atoms with Crippen molar-refractivity contribution < 1.29 is 23.6 Å². The Morgan fingerprint density at radius 2 is 1.96 bits per heavy atom. The summed E-state index contributed by atoms with van der Waals surface area (Å²) in [6.07, 6.45) is 7.09. The first-order valence-electron chi connectivity index (χ1n) is 9.12. The van der Waals surface area contributed by atoms with Crippen molar-refractivity contribution in [2.75, 3.05) is 21.3 Å². The molecule has 146 valence electrons. The molecule has 0 spiro atoms. The van der Waals surface area contributed by atoms with Gasteiger partial charge in [-0.3, -0.25) is 14.4 Å². The van der Waals surface area contributed by atoms with Crippen molar-refractivity contribution in [3.8, 4) is 5.75 Å². The first-order chi connectivity index (χ1) is 13.0. The van der Waals surface area contributed by atoms with Crippen LogP contribution in [0.15, 0.2) is 24.4 Å². The molecule has 0 aromatic heterocycles. The maximum atomic E-state index is 14.4. The molecular weight excluding hydrogens is 351 g/mol. The lowest BCUT2D eigenvalue weighted by molar-refractivity contribution is -0.174. The number of hydrogen-bond donors (Lipinski definition) is 0. The Morgan fingerprint density at radius 3 is 2.59 bits per heavy atom. The molecule has 1 heterocycles. The zero-order chi connectivity index (χ0) is 19.6. The molecule has 0 N–H and O–H groups in total. The van der Waals surface area contributed by atoms with E-state index in [0.717, 1.165) is 25.7 Å². The van der Waals surface area contributed by atoms with Crippen LogP contribution in [0, 0.1) is 17.7 Å². The van der Waals surface area contributed by atoms with E-state index < -0.39 is 5.82 Å². The molecule has 1 saturated carbocycles. The zero-order valence-corrected chi connectivity index (χ0v) is 15.9. The van der Waals surface area contributed by atoms with E-state index in [4.69, 9.17) is 9.57 Å². The van der Waals surface area contributed by atoms with Crippen LogP contribution in [0.5, 0.6) is 5.75 Å². The summed E-state index contributed by atoms with van der Waals surface area (Å²) >= 11 is 0. The Kier molecular flexibility index (Phi) is 5.79. The Bertz CT molecular complexity index is 757. The molecule has 1 aromatic rings. The van der Waals surface area contributed by atoms with Crippen molar-refractivity contribution in [3.63, 3.8) is 0 Å². The van der Waals surface area contributed by atoms with Crippen LogP contribution in [0.4, 0.5) is 4.39 Å². The number of methoxy groups -OCH3 is 1. The monoisotopic (exact) mass is 376 g/mol. The van der Waals surface area contributed by atoms with Crippen molar-refractivity contribution in [1.82, 2.24) is 9.96 Å². The van der Waals surface area contributed by atoms with Crippen molar-refractivity contribution in [2.24, 2.45) is 11.8 Å². The van der Waals surface area contributed by atoms with Gasteiger partial charge in [-0.25, -0.2) is 9.45 Å². The SMILES string of the molecule is COc1ccc2c(c1F)C(=O)N(/C=C/C1CCC(C(=O)N(C)OC)CC1)C2. The number of amides is 2. The molecule has 2 amide bonds. The number of allylic oxidation sites excluding steroid dienone is 1. The lowest BCUT2D eigenvalue weighted by atomic mass is 9.81. The second-order valence-corrected chi connectivity index (χ2v) is 7.02. The second-order valence-electron chi connectivity index (χ2n) is 7.02. The van der Waals surface area contributed by atoms with Gasteiger partial charge in [-0.15, -0.1) is 0 Å². The molecule has 3 rings (SSSR count). The molecule has 0 radical (unpaired) electrons. The molecule has 6 nitrogen and oxygen atoms in total. The Labute approximate surface area is 158 Å². The second kappa shape index (κ2) is 8.08. The van der Waals surface area contributed by atoms with Gasteiger partial charge in [-0.2, -0.15) is 0 Å². The van der Waals surface area contributed by atoms with Crippen LogP contribution in [0.25, 0.3) is 0 Å². The number of hydroxylamine groups is 2. The van der Waals surface area contributed by atoms with E-state index in [9.17, 15) is 14.0 Å². The quantitative estimate of drug-likeness (QED) is 0.741. The number of carbonyl (C=O) groups is 2. The summed E-state index contributed by atoms with van der Waals surface area (Å²) in [4.78, 5) is 31.2. The summed E-state index contributed by atoms with van der Waals surface area (Å²) in [5.41, 5.74) is 0.760. The fraction of sp³-hybridized carbons (Fsp3) is 0.500.